The molecule has 1 saturated heterocycles. The van der Waals surface area contributed by atoms with Crippen molar-refractivity contribution < 1.29 is 14.3 Å². The van der Waals surface area contributed by atoms with Crippen LogP contribution in [0.1, 0.15) is 52.0 Å². The topological polar surface area (TPSA) is 64.5 Å². The van der Waals surface area contributed by atoms with Crippen LogP contribution in [-0.4, -0.2) is 46.3 Å². The van der Waals surface area contributed by atoms with Gasteiger partial charge in [0.1, 0.15) is 10.8 Å². The van der Waals surface area contributed by atoms with Crippen LogP contribution in [-0.2, 0) is 16.1 Å². The van der Waals surface area contributed by atoms with Crippen molar-refractivity contribution >= 4 is 29.3 Å². The van der Waals surface area contributed by atoms with E-state index in [1.807, 2.05) is 20.8 Å². The number of hydrogen-bond donors (Lipinski definition) is 0. The second kappa shape index (κ2) is 9.72. The summed E-state index contributed by atoms with van der Waals surface area (Å²) in [5, 5.41) is 0.469. The Morgan fingerprint density at radius 2 is 2.00 bits per heavy atom. The highest BCUT2D eigenvalue weighted by Gasteiger charge is 2.26. The third kappa shape index (κ3) is 7.25. The van der Waals surface area contributed by atoms with Crippen molar-refractivity contribution in [2.45, 2.75) is 58.7 Å². The van der Waals surface area contributed by atoms with E-state index in [1.54, 1.807) is 11.1 Å². The minimum Gasteiger partial charge on any atom is -0.444 e. The second-order valence-electron chi connectivity index (χ2n) is 7.56. The zero-order valence-electron chi connectivity index (χ0n) is 15.6. The fourth-order valence-corrected chi connectivity index (χ4v) is 3.21. The first kappa shape index (κ1) is 21.2. The fraction of sp³-hybridized carbons (Fsp3) is 0.722. The van der Waals surface area contributed by atoms with Crippen molar-refractivity contribution in [2.75, 3.05) is 19.7 Å². The average Bonchev–Trinajstić information content (AvgIpc) is 2.55. The molecule has 0 unspecified atom stereocenters. The number of ether oxygens (including phenoxy) is 2. The summed E-state index contributed by atoms with van der Waals surface area (Å²) in [5.41, 5.74) is 0.297. The van der Waals surface area contributed by atoms with E-state index in [9.17, 15) is 4.79 Å². The van der Waals surface area contributed by atoms with Crippen molar-refractivity contribution in [1.82, 2.24) is 14.9 Å². The van der Waals surface area contributed by atoms with Crippen molar-refractivity contribution in [2.24, 2.45) is 5.92 Å². The molecule has 0 spiro atoms. The second-order valence-corrected chi connectivity index (χ2v) is 8.26. The van der Waals surface area contributed by atoms with Crippen LogP contribution in [0.3, 0.4) is 0 Å². The Kier molecular flexibility index (Phi) is 7.92. The van der Waals surface area contributed by atoms with Crippen LogP contribution in [0.5, 0.6) is 0 Å². The van der Waals surface area contributed by atoms with E-state index < -0.39 is 5.60 Å². The summed E-state index contributed by atoms with van der Waals surface area (Å²) < 4.78 is 11.1. The van der Waals surface area contributed by atoms with Crippen LogP contribution >= 0.6 is 23.2 Å². The average molecular weight is 404 g/mol. The van der Waals surface area contributed by atoms with E-state index in [0.717, 1.165) is 44.3 Å². The molecule has 26 heavy (non-hydrogen) atoms. The van der Waals surface area contributed by atoms with Crippen LogP contribution in [0.4, 0.5) is 4.79 Å². The van der Waals surface area contributed by atoms with E-state index in [2.05, 4.69) is 9.97 Å². The van der Waals surface area contributed by atoms with Crippen LogP contribution in [0.25, 0.3) is 0 Å². The smallest absolute Gasteiger partial charge is 0.410 e. The zero-order valence-corrected chi connectivity index (χ0v) is 17.1. The van der Waals surface area contributed by atoms with Crippen LogP contribution in [0.15, 0.2) is 6.20 Å². The Morgan fingerprint density at radius 3 is 2.62 bits per heavy atom. The highest BCUT2D eigenvalue weighted by atomic mass is 35.5. The maximum atomic E-state index is 12.1. The lowest BCUT2D eigenvalue weighted by molar-refractivity contribution is 0.0176. The SMILES string of the molecule is CC(C)(C)OC(=O)N1CCC(CCCOCc2cnc(Cl)nc2Cl)CC1. The van der Waals surface area contributed by atoms with E-state index in [4.69, 9.17) is 32.7 Å². The van der Waals surface area contributed by atoms with Gasteiger partial charge in [0, 0.05) is 31.5 Å². The number of halogens is 2. The lowest BCUT2D eigenvalue weighted by atomic mass is 9.92. The molecule has 0 N–H and O–H groups in total. The Balaban J connectivity index is 1.59. The van der Waals surface area contributed by atoms with Gasteiger partial charge >= 0.3 is 6.09 Å². The van der Waals surface area contributed by atoms with Gasteiger partial charge in [-0.05, 0) is 64.0 Å². The summed E-state index contributed by atoms with van der Waals surface area (Å²) >= 11 is 11.7. The molecule has 1 aliphatic rings. The molecule has 1 amide bonds. The van der Waals surface area contributed by atoms with Crippen LogP contribution < -0.4 is 0 Å². The first-order chi connectivity index (χ1) is 12.2. The molecular weight excluding hydrogens is 377 g/mol. The van der Waals surface area contributed by atoms with E-state index >= 15 is 0 Å². The molecule has 0 bridgehead atoms. The Hall–Kier alpha value is -1.11. The number of amides is 1. The third-order valence-corrected chi connectivity index (χ3v) is 4.72. The van der Waals surface area contributed by atoms with Gasteiger partial charge in [0.2, 0.25) is 5.28 Å². The molecule has 0 atom stereocenters. The molecule has 1 aromatic heterocycles. The minimum absolute atomic E-state index is 0.136. The summed E-state index contributed by atoms with van der Waals surface area (Å²) in [5.74, 6) is 0.625. The zero-order chi connectivity index (χ0) is 19.2. The maximum absolute atomic E-state index is 12.1. The summed E-state index contributed by atoms with van der Waals surface area (Å²) in [6.45, 7) is 8.23. The fourth-order valence-electron chi connectivity index (χ4n) is 2.85. The van der Waals surface area contributed by atoms with Crippen LogP contribution in [0.2, 0.25) is 10.4 Å². The first-order valence-corrected chi connectivity index (χ1v) is 9.73. The highest BCUT2D eigenvalue weighted by molar-refractivity contribution is 6.32. The molecule has 2 heterocycles. The molecule has 0 aromatic carbocycles. The van der Waals surface area contributed by atoms with Gasteiger partial charge in [-0.2, -0.15) is 0 Å². The number of aromatic nitrogens is 2. The number of rotatable bonds is 6. The number of hydrogen-bond acceptors (Lipinski definition) is 5. The quantitative estimate of drug-likeness (QED) is 0.390. The lowest BCUT2D eigenvalue weighted by Crippen LogP contribution is -2.41. The van der Waals surface area contributed by atoms with Gasteiger partial charge < -0.3 is 14.4 Å². The van der Waals surface area contributed by atoms with Gasteiger partial charge in [0.15, 0.2) is 0 Å². The van der Waals surface area contributed by atoms with Gasteiger partial charge in [0.25, 0.3) is 0 Å². The molecule has 1 aromatic rings. The standard InChI is InChI=1S/C18H27Cl2N3O3/c1-18(2,3)26-17(24)23-8-6-13(7-9-23)5-4-10-25-12-14-11-21-16(20)22-15(14)19/h11,13H,4-10,12H2,1-3H3. The Morgan fingerprint density at radius 1 is 1.31 bits per heavy atom. The first-order valence-electron chi connectivity index (χ1n) is 8.97. The summed E-state index contributed by atoms with van der Waals surface area (Å²) in [4.78, 5) is 21.7. The van der Waals surface area contributed by atoms with Crippen molar-refractivity contribution in [3.05, 3.63) is 22.2 Å². The number of likely N-dealkylation sites (tertiary alicyclic amines) is 1. The summed E-state index contributed by atoms with van der Waals surface area (Å²) in [7, 11) is 0. The van der Waals surface area contributed by atoms with Gasteiger partial charge in [-0.1, -0.05) is 11.6 Å². The summed E-state index contributed by atoms with van der Waals surface area (Å²) in [6, 6.07) is 0. The Labute approximate surface area is 165 Å². The van der Waals surface area contributed by atoms with Crippen LogP contribution in [0, 0.1) is 5.92 Å². The number of piperidine rings is 1. The molecule has 1 fully saturated rings. The highest BCUT2D eigenvalue weighted by Crippen LogP contribution is 2.23. The molecule has 2 rings (SSSR count). The van der Waals surface area contributed by atoms with E-state index in [1.165, 1.54) is 0 Å². The molecule has 0 aliphatic carbocycles. The lowest BCUT2D eigenvalue weighted by Gasteiger charge is -2.33. The van der Waals surface area contributed by atoms with Gasteiger partial charge in [0.05, 0.1) is 6.61 Å². The summed E-state index contributed by atoms with van der Waals surface area (Å²) in [6.07, 6.45) is 5.47. The maximum Gasteiger partial charge on any atom is 0.410 e. The molecule has 1 aliphatic heterocycles. The predicted molar refractivity (Wildman–Crippen MR) is 101 cm³/mol. The van der Waals surface area contributed by atoms with Gasteiger partial charge in [-0.15, -0.1) is 0 Å². The van der Waals surface area contributed by atoms with Crippen molar-refractivity contribution in [1.29, 1.82) is 0 Å². The molecule has 0 radical (unpaired) electrons. The normalized spacial score (nSPS) is 16.0. The molecule has 6 nitrogen and oxygen atoms in total. The Bertz CT molecular complexity index is 600. The number of carbonyl (C=O) groups excluding carboxylic acids is 1. The largest absolute Gasteiger partial charge is 0.444 e. The van der Waals surface area contributed by atoms with Crippen molar-refractivity contribution in [3.8, 4) is 0 Å². The number of carbonyl (C=O) groups is 1. The van der Waals surface area contributed by atoms with E-state index in [-0.39, 0.29) is 11.4 Å². The number of nitrogens with zero attached hydrogens (tertiary/aromatic N) is 3. The molecule has 0 saturated carbocycles. The van der Waals surface area contributed by atoms with Crippen molar-refractivity contribution in [3.63, 3.8) is 0 Å². The van der Waals surface area contributed by atoms with E-state index in [0.29, 0.717) is 24.3 Å². The minimum atomic E-state index is -0.441. The molecule has 8 heteroatoms. The van der Waals surface area contributed by atoms with Gasteiger partial charge in [-0.25, -0.2) is 14.8 Å². The monoisotopic (exact) mass is 403 g/mol. The third-order valence-electron chi connectivity index (χ3n) is 4.21. The van der Waals surface area contributed by atoms with Gasteiger partial charge in [-0.3, -0.25) is 0 Å². The molecular formula is C18H27Cl2N3O3. The predicted octanol–water partition coefficient (Wildman–Crippen LogP) is 4.73. The molecule has 146 valence electrons.